The summed E-state index contributed by atoms with van der Waals surface area (Å²) in [4.78, 5) is 19.1. The third-order valence-corrected chi connectivity index (χ3v) is 4.72. The van der Waals surface area contributed by atoms with Gasteiger partial charge in [-0.3, -0.25) is 9.78 Å². The van der Waals surface area contributed by atoms with Crippen LogP contribution in [-0.4, -0.2) is 15.9 Å². The van der Waals surface area contributed by atoms with E-state index < -0.39 is 5.91 Å². The number of nitrogens with two attached hydrogens (primary N) is 1. The van der Waals surface area contributed by atoms with Gasteiger partial charge in [0.15, 0.2) is 0 Å². The molecule has 0 saturated heterocycles. The third-order valence-electron chi connectivity index (χ3n) is 4.72. The summed E-state index contributed by atoms with van der Waals surface area (Å²) in [6, 6.07) is 12.9. The lowest BCUT2D eigenvalue weighted by Gasteiger charge is -2.10. The van der Waals surface area contributed by atoms with E-state index in [4.69, 9.17) is 5.73 Å². The first-order valence-electron chi connectivity index (χ1n) is 8.63. The van der Waals surface area contributed by atoms with Gasteiger partial charge < -0.3 is 10.7 Å². The molecule has 0 saturated carbocycles. The zero-order valence-electron chi connectivity index (χ0n) is 14.6. The number of para-hydroxylation sites is 1. The Labute approximate surface area is 155 Å². The zero-order chi connectivity index (χ0) is 19.0. The summed E-state index contributed by atoms with van der Waals surface area (Å²) in [5.74, 6) is -0.845. The van der Waals surface area contributed by atoms with Crippen molar-refractivity contribution in [2.75, 3.05) is 0 Å². The van der Waals surface area contributed by atoms with Gasteiger partial charge in [0, 0.05) is 34.5 Å². The van der Waals surface area contributed by atoms with Crippen LogP contribution in [0.3, 0.4) is 0 Å². The second-order valence-corrected chi connectivity index (χ2v) is 6.53. The minimum Gasteiger partial charge on any atom is -0.369 e. The fourth-order valence-corrected chi connectivity index (χ4v) is 3.49. The topological polar surface area (TPSA) is 71.8 Å². The summed E-state index contributed by atoms with van der Waals surface area (Å²) in [5, 5.41) is 1.71. The number of nitrogens with one attached hydrogen (secondary N) is 1. The molecule has 0 bridgehead atoms. The van der Waals surface area contributed by atoms with Crippen LogP contribution in [0.25, 0.3) is 27.9 Å². The molecule has 0 radical (unpaired) electrons. The van der Waals surface area contributed by atoms with Crippen LogP contribution in [0.2, 0.25) is 0 Å². The van der Waals surface area contributed by atoms with Crippen molar-refractivity contribution in [3.05, 3.63) is 83.4 Å². The Morgan fingerprint density at radius 3 is 2.78 bits per heavy atom. The lowest BCUT2D eigenvalue weighted by atomic mass is 9.96. The predicted octanol–water partition coefficient (Wildman–Crippen LogP) is 4.12. The molecule has 0 aliphatic rings. The zero-order valence-corrected chi connectivity index (χ0v) is 14.6. The van der Waals surface area contributed by atoms with Crippen molar-refractivity contribution in [1.29, 1.82) is 0 Å². The number of fused-ring (bicyclic) bond motifs is 3. The molecule has 0 aliphatic heterocycles. The number of aromatic nitrogens is 2. The second-order valence-electron chi connectivity index (χ2n) is 6.53. The van der Waals surface area contributed by atoms with Gasteiger partial charge in [0.2, 0.25) is 5.91 Å². The van der Waals surface area contributed by atoms with E-state index in [1.807, 2.05) is 36.4 Å². The number of carbonyl (C=O) groups is 1. The Balaban J connectivity index is 1.94. The number of hydrogen-bond acceptors (Lipinski definition) is 2. The van der Waals surface area contributed by atoms with Gasteiger partial charge in [-0.25, -0.2) is 4.39 Å². The maximum atomic E-state index is 15.1. The van der Waals surface area contributed by atoms with Crippen LogP contribution in [0, 0.1) is 5.82 Å². The number of rotatable bonds is 5. The molecular formula is C22H18FN3O. The normalized spacial score (nSPS) is 11.1. The Morgan fingerprint density at radius 1 is 1.26 bits per heavy atom. The van der Waals surface area contributed by atoms with Crippen LogP contribution in [0.1, 0.15) is 22.4 Å². The summed E-state index contributed by atoms with van der Waals surface area (Å²) in [6.45, 7) is 3.70. The van der Waals surface area contributed by atoms with Gasteiger partial charge in [0.25, 0.3) is 0 Å². The fourth-order valence-electron chi connectivity index (χ4n) is 3.49. The van der Waals surface area contributed by atoms with Gasteiger partial charge in [-0.2, -0.15) is 0 Å². The third kappa shape index (κ3) is 3.08. The van der Waals surface area contributed by atoms with E-state index in [0.717, 1.165) is 33.1 Å². The van der Waals surface area contributed by atoms with Gasteiger partial charge in [0.05, 0.1) is 17.6 Å². The van der Waals surface area contributed by atoms with Crippen molar-refractivity contribution >= 4 is 33.8 Å². The Bertz CT molecular complexity index is 1180. The monoisotopic (exact) mass is 359 g/mol. The molecule has 0 spiro atoms. The summed E-state index contributed by atoms with van der Waals surface area (Å²) >= 11 is 0. The molecule has 2 aromatic heterocycles. The number of halogens is 1. The number of carbonyl (C=O) groups excluding carboxylic acids is 1. The Kier molecular flexibility index (Phi) is 4.20. The number of benzene rings is 2. The molecule has 1 amide bonds. The van der Waals surface area contributed by atoms with Crippen molar-refractivity contribution in [1.82, 2.24) is 9.97 Å². The first-order valence-corrected chi connectivity index (χ1v) is 8.63. The van der Waals surface area contributed by atoms with Crippen molar-refractivity contribution in [2.45, 2.75) is 12.8 Å². The molecule has 0 aliphatic carbocycles. The molecule has 27 heavy (non-hydrogen) atoms. The van der Waals surface area contributed by atoms with E-state index in [1.54, 1.807) is 12.3 Å². The van der Waals surface area contributed by atoms with Gasteiger partial charge in [0.1, 0.15) is 5.82 Å². The van der Waals surface area contributed by atoms with Gasteiger partial charge >= 0.3 is 0 Å². The molecule has 134 valence electrons. The lowest BCUT2D eigenvalue weighted by Crippen LogP contribution is -2.14. The molecule has 2 heterocycles. The molecule has 0 atom stereocenters. The van der Waals surface area contributed by atoms with Crippen molar-refractivity contribution < 1.29 is 9.18 Å². The molecule has 0 fully saturated rings. The molecule has 0 unspecified atom stereocenters. The maximum Gasteiger partial charge on any atom is 0.221 e. The second kappa shape index (κ2) is 6.68. The van der Waals surface area contributed by atoms with E-state index >= 15 is 4.39 Å². The Morgan fingerprint density at radius 2 is 2.07 bits per heavy atom. The summed E-state index contributed by atoms with van der Waals surface area (Å²) in [5.41, 5.74) is 9.81. The lowest BCUT2D eigenvalue weighted by molar-refractivity contribution is -0.117. The highest BCUT2D eigenvalue weighted by Crippen LogP contribution is 2.34. The molecule has 4 rings (SSSR count). The van der Waals surface area contributed by atoms with Crippen LogP contribution >= 0.6 is 0 Å². The van der Waals surface area contributed by atoms with Crippen LogP contribution in [0.4, 0.5) is 4.39 Å². The molecule has 3 N–H and O–H groups in total. The average Bonchev–Trinajstić information content (AvgIpc) is 3.05. The smallest absolute Gasteiger partial charge is 0.221 e. The van der Waals surface area contributed by atoms with E-state index in [-0.39, 0.29) is 12.2 Å². The van der Waals surface area contributed by atoms with E-state index in [0.29, 0.717) is 17.5 Å². The number of primary amides is 1. The van der Waals surface area contributed by atoms with Gasteiger partial charge in [-0.1, -0.05) is 30.8 Å². The first kappa shape index (κ1) is 17.0. The quantitative estimate of drug-likeness (QED) is 0.563. The minimum atomic E-state index is -0.494. The first-order chi connectivity index (χ1) is 13.1. The highest BCUT2D eigenvalue weighted by atomic mass is 19.1. The summed E-state index contributed by atoms with van der Waals surface area (Å²) < 4.78 is 15.1. The molecular weight excluding hydrogens is 341 g/mol. The fraction of sp³-hybridized carbons (Fsp3) is 0.0909. The van der Waals surface area contributed by atoms with Crippen molar-refractivity contribution in [3.63, 3.8) is 0 Å². The predicted molar refractivity (Wildman–Crippen MR) is 106 cm³/mol. The van der Waals surface area contributed by atoms with E-state index in [2.05, 4.69) is 16.5 Å². The maximum absolute atomic E-state index is 15.1. The van der Waals surface area contributed by atoms with E-state index in [9.17, 15) is 4.79 Å². The van der Waals surface area contributed by atoms with E-state index in [1.165, 1.54) is 6.07 Å². The summed E-state index contributed by atoms with van der Waals surface area (Å²) in [7, 11) is 0. The Hall–Kier alpha value is -3.47. The number of amides is 1. The molecule has 4 nitrogen and oxygen atoms in total. The van der Waals surface area contributed by atoms with Gasteiger partial charge in [-0.15, -0.1) is 0 Å². The van der Waals surface area contributed by atoms with Crippen LogP contribution in [0.15, 0.2) is 55.2 Å². The van der Waals surface area contributed by atoms with Crippen LogP contribution < -0.4 is 5.73 Å². The van der Waals surface area contributed by atoms with Crippen LogP contribution in [-0.2, 0) is 17.6 Å². The molecule has 4 aromatic rings. The number of nitrogens with zero attached hydrogens (tertiary/aromatic N) is 1. The SMILES string of the molecule is C=Cc1ccc(Cc2c(F)cc(CC(N)=O)c3[nH]c4ccccc4c23)cn1. The number of hydrogen-bond donors (Lipinski definition) is 2. The molecule has 5 heteroatoms. The summed E-state index contributed by atoms with van der Waals surface area (Å²) in [6.07, 6.45) is 3.77. The van der Waals surface area contributed by atoms with Crippen molar-refractivity contribution in [3.8, 4) is 0 Å². The largest absolute Gasteiger partial charge is 0.369 e. The highest BCUT2D eigenvalue weighted by Gasteiger charge is 2.18. The standard InChI is InChI=1S/C22H18FN3O/c1-2-15-8-7-13(12-25-15)9-17-18(23)10-14(11-20(24)27)22-21(17)16-5-3-4-6-19(16)26-22/h2-8,10,12,26H,1,9,11H2,(H2,24,27). The number of pyridine rings is 1. The minimum absolute atomic E-state index is 0.0177. The molecule has 2 aromatic carbocycles. The number of aromatic amines is 1. The van der Waals surface area contributed by atoms with Gasteiger partial charge in [-0.05, 0) is 35.4 Å². The average molecular weight is 359 g/mol. The van der Waals surface area contributed by atoms with Crippen LogP contribution in [0.5, 0.6) is 0 Å². The highest BCUT2D eigenvalue weighted by molar-refractivity contribution is 6.10. The van der Waals surface area contributed by atoms with Crippen molar-refractivity contribution in [2.24, 2.45) is 5.73 Å². The number of H-pyrrole nitrogens is 1.